The number of aryl methyl sites for hydroxylation is 2. The molecule has 1 atom stereocenters. The van der Waals surface area contributed by atoms with Crippen LogP contribution in [0.4, 0.5) is 9.52 Å². The molecule has 1 N–H and O–H groups in total. The van der Waals surface area contributed by atoms with Crippen LogP contribution in [-0.4, -0.2) is 33.8 Å². The van der Waals surface area contributed by atoms with Crippen LogP contribution in [0.3, 0.4) is 0 Å². The molecule has 0 aliphatic carbocycles. The second kappa shape index (κ2) is 8.94. The highest BCUT2D eigenvalue weighted by atomic mass is 32.1. The van der Waals surface area contributed by atoms with Crippen LogP contribution in [0.5, 0.6) is 0 Å². The molecule has 170 valence electrons. The quantitative estimate of drug-likeness (QED) is 0.463. The third kappa shape index (κ3) is 4.35. The number of hydrogen-bond donors (Lipinski definition) is 1. The standard InChI is InChI=1S/C25H26FN5OS/c1-16-7-3-4-8-18(16)14-27-24(32)19-9-6-12-30(15-19)25-28-23-22(33-25)17(2)29-31(23)21-11-5-10-20(26)13-21/h3-5,7-8,10-11,13,19H,6,9,12,14-15H2,1-2H3,(H,27,32)/t19-/m1/s1. The van der Waals surface area contributed by atoms with Gasteiger partial charge in [-0.2, -0.15) is 10.1 Å². The number of thiazole rings is 1. The maximum atomic E-state index is 13.8. The van der Waals surface area contributed by atoms with E-state index in [4.69, 9.17) is 4.98 Å². The Balaban J connectivity index is 1.33. The van der Waals surface area contributed by atoms with Gasteiger partial charge in [0, 0.05) is 19.6 Å². The van der Waals surface area contributed by atoms with Crippen molar-refractivity contribution in [2.75, 3.05) is 18.0 Å². The molecule has 4 aromatic rings. The summed E-state index contributed by atoms with van der Waals surface area (Å²) in [6.07, 6.45) is 1.81. The SMILES string of the molecule is Cc1ccccc1CNC(=O)[C@@H]1CCCN(c2nc3c(s2)c(C)nn3-c2cccc(F)c2)C1. The van der Waals surface area contributed by atoms with E-state index in [-0.39, 0.29) is 17.6 Å². The molecule has 5 rings (SSSR count). The monoisotopic (exact) mass is 463 g/mol. The maximum absolute atomic E-state index is 13.8. The van der Waals surface area contributed by atoms with E-state index in [2.05, 4.69) is 28.3 Å². The molecule has 2 aromatic carbocycles. The van der Waals surface area contributed by atoms with Crippen LogP contribution < -0.4 is 10.2 Å². The zero-order chi connectivity index (χ0) is 22.9. The van der Waals surface area contributed by atoms with E-state index in [0.29, 0.717) is 18.8 Å². The summed E-state index contributed by atoms with van der Waals surface area (Å²) in [4.78, 5) is 20.0. The lowest BCUT2D eigenvalue weighted by atomic mass is 9.97. The number of piperidine rings is 1. The van der Waals surface area contributed by atoms with Crippen molar-refractivity contribution in [1.82, 2.24) is 20.1 Å². The highest BCUT2D eigenvalue weighted by molar-refractivity contribution is 7.22. The first-order valence-electron chi connectivity index (χ1n) is 11.2. The van der Waals surface area contributed by atoms with Crippen LogP contribution in [0.25, 0.3) is 16.0 Å². The molecule has 8 heteroatoms. The minimum Gasteiger partial charge on any atom is -0.352 e. The lowest BCUT2D eigenvalue weighted by Gasteiger charge is -2.31. The molecule has 0 unspecified atom stereocenters. The van der Waals surface area contributed by atoms with E-state index in [1.54, 1.807) is 22.1 Å². The van der Waals surface area contributed by atoms with Crippen LogP contribution in [0.15, 0.2) is 48.5 Å². The van der Waals surface area contributed by atoms with Gasteiger partial charge in [-0.15, -0.1) is 0 Å². The van der Waals surface area contributed by atoms with Gasteiger partial charge in [-0.3, -0.25) is 4.79 Å². The topological polar surface area (TPSA) is 63.1 Å². The van der Waals surface area contributed by atoms with Crippen LogP contribution >= 0.6 is 11.3 Å². The summed E-state index contributed by atoms with van der Waals surface area (Å²) < 4.78 is 16.4. The second-order valence-corrected chi connectivity index (χ2v) is 9.53. The number of carbonyl (C=O) groups excluding carboxylic acids is 1. The van der Waals surface area contributed by atoms with Gasteiger partial charge in [0.2, 0.25) is 5.91 Å². The third-order valence-corrected chi connectivity index (χ3v) is 7.42. The Labute approximate surface area is 196 Å². The fraction of sp³-hybridized carbons (Fsp3) is 0.320. The molecule has 1 fully saturated rings. The van der Waals surface area contributed by atoms with E-state index in [1.165, 1.54) is 17.7 Å². The van der Waals surface area contributed by atoms with Gasteiger partial charge in [-0.05, 0) is 56.0 Å². The van der Waals surface area contributed by atoms with Gasteiger partial charge in [0.15, 0.2) is 10.8 Å². The largest absolute Gasteiger partial charge is 0.352 e. The summed E-state index contributed by atoms with van der Waals surface area (Å²) in [7, 11) is 0. The lowest BCUT2D eigenvalue weighted by molar-refractivity contribution is -0.125. The normalized spacial score (nSPS) is 16.3. The second-order valence-electron chi connectivity index (χ2n) is 8.56. The molecule has 2 aromatic heterocycles. The number of aromatic nitrogens is 3. The Morgan fingerprint density at radius 2 is 2.06 bits per heavy atom. The smallest absolute Gasteiger partial charge is 0.225 e. The highest BCUT2D eigenvalue weighted by Crippen LogP contribution is 2.34. The average Bonchev–Trinajstić information content (AvgIpc) is 3.39. The number of amides is 1. The summed E-state index contributed by atoms with van der Waals surface area (Å²) >= 11 is 1.58. The minimum atomic E-state index is -0.306. The van der Waals surface area contributed by atoms with E-state index < -0.39 is 0 Å². The number of nitrogens with zero attached hydrogens (tertiary/aromatic N) is 4. The van der Waals surface area contributed by atoms with Gasteiger partial charge >= 0.3 is 0 Å². The third-order valence-electron chi connectivity index (χ3n) is 6.21. The lowest BCUT2D eigenvalue weighted by Crippen LogP contribution is -2.43. The average molecular weight is 464 g/mol. The zero-order valence-electron chi connectivity index (χ0n) is 18.7. The van der Waals surface area contributed by atoms with Crippen LogP contribution in [0, 0.1) is 25.6 Å². The van der Waals surface area contributed by atoms with Crippen LogP contribution in [-0.2, 0) is 11.3 Å². The number of carbonyl (C=O) groups is 1. The molecule has 0 saturated carbocycles. The molecular formula is C25H26FN5OS. The Morgan fingerprint density at radius 1 is 1.21 bits per heavy atom. The van der Waals surface area contributed by atoms with Gasteiger partial charge in [0.05, 0.1) is 22.0 Å². The first-order valence-corrected chi connectivity index (χ1v) is 12.0. The van der Waals surface area contributed by atoms with Crippen LogP contribution in [0.2, 0.25) is 0 Å². The Morgan fingerprint density at radius 3 is 2.88 bits per heavy atom. The van der Waals surface area contributed by atoms with E-state index in [0.717, 1.165) is 46.1 Å². The number of rotatable bonds is 5. The molecule has 3 heterocycles. The van der Waals surface area contributed by atoms with Crippen molar-refractivity contribution in [3.8, 4) is 5.69 Å². The van der Waals surface area contributed by atoms with Crippen molar-refractivity contribution < 1.29 is 9.18 Å². The summed E-state index contributed by atoms with van der Waals surface area (Å²) in [6, 6.07) is 14.5. The summed E-state index contributed by atoms with van der Waals surface area (Å²) in [5.41, 5.74) is 4.56. The first-order chi connectivity index (χ1) is 16.0. The number of halogens is 1. The van der Waals surface area contributed by atoms with Crippen molar-refractivity contribution in [3.05, 3.63) is 71.2 Å². The predicted octanol–water partition coefficient (Wildman–Crippen LogP) is 4.77. The molecule has 6 nitrogen and oxygen atoms in total. The zero-order valence-corrected chi connectivity index (χ0v) is 19.5. The molecule has 0 radical (unpaired) electrons. The number of fused-ring (bicyclic) bond motifs is 1. The molecule has 1 aliphatic heterocycles. The van der Waals surface area contributed by atoms with Gasteiger partial charge in [0.25, 0.3) is 0 Å². The molecule has 1 amide bonds. The molecule has 0 bridgehead atoms. The molecule has 1 aliphatic rings. The molecular weight excluding hydrogens is 437 g/mol. The van der Waals surface area contributed by atoms with Gasteiger partial charge in [-0.1, -0.05) is 41.7 Å². The van der Waals surface area contributed by atoms with Gasteiger partial charge < -0.3 is 10.2 Å². The van der Waals surface area contributed by atoms with Gasteiger partial charge in [0.1, 0.15) is 5.82 Å². The molecule has 0 spiro atoms. The predicted molar refractivity (Wildman–Crippen MR) is 129 cm³/mol. The van der Waals surface area contributed by atoms with Crippen LogP contribution in [0.1, 0.15) is 29.7 Å². The van der Waals surface area contributed by atoms with Crippen molar-refractivity contribution >= 4 is 32.7 Å². The number of benzene rings is 2. The Hall–Kier alpha value is -3.26. The van der Waals surface area contributed by atoms with Crippen molar-refractivity contribution in [3.63, 3.8) is 0 Å². The van der Waals surface area contributed by atoms with Crippen molar-refractivity contribution in [2.45, 2.75) is 33.2 Å². The number of nitrogens with one attached hydrogen (secondary N) is 1. The summed E-state index contributed by atoms with van der Waals surface area (Å²) in [5.74, 6) is -0.290. The first kappa shape index (κ1) is 21.6. The van der Waals surface area contributed by atoms with E-state index >= 15 is 0 Å². The summed E-state index contributed by atoms with van der Waals surface area (Å²) in [6.45, 7) is 6.06. The van der Waals surface area contributed by atoms with Crippen molar-refractivity contribution in [1.29, 1.82) is 0 Å². The summed E-state index contributed by atoms with van der Waals surface area (Å²) in [5, 5.41) is 8.56. The van der Waals surface area contributed by atoms with Gasteiger partial charge in [-0.25, -0.2) is 9.07 Å². The maximum Gasteiger partial charge on any atom is 0.225 e. The highest BCUT2D eigenvalue weighted by Gasteiger charge is 2.28. The molecule has 1 saturated heterocycles. The number of hydrogen-bond acceptors (Lipinski definition) is 5. The Kier molecular flexibility index (Phi) is 5.85. The Bertz CT molecular complexity index is 1310. The fourth-order valence-electron chi connectivity index (χ4n) is 4.35. The minimum absolute atomic E-state index is 0.0735. The fourth-order valence-corrected chi connectivity index (χ4v) is 5.37. The van der Waals surface area contributed by atoms with Crippen molar-refractivity contribution in [2.24, 2.45) is 5.92 Å². The molecule has 33 heavy (non-hydrogen) atoms. The van der Waals surface area contributed by atoms with E-state index in [9.17, 15) is 9.18 Å². The number of anilines is 1. The van der Waals surface area contributed by atoms with E-state index in [1.807, 2.05) is 31.2 Å².